The van der Waals surface area contributed by atoms with Crippen LogP contribution >= 0.6 is 15.9 Å². The summed E-state index contributed by atoms with van der Waals surface area (Å²) in [6.07, 6.45) is 1.79. The van der Waals surface area contributed by atoms with Crippen molar-refractivity contribution in [3.63, 3.8) is 0 Å². The Bertz CT molecular complexity index is 786. The number of methoxy groups -OCH3 is 1. The van der Waals surface area contributed by atoms with Gasteiger partial charge in [0.05, 0.1) is 23.3 Å². The summed E-state index contributed by atoms with van der Waals surface area (Å²) in [7, 11) is 1.53. The molecule has 0 aliphatic carbocycles. The van der Waals surface area contributed by atoms with Gasteiger partial charge < -0.3 is 15.2 Å². The monoisotopic (exact) mass is 347 g/mol. The molecule has 1 heterocycles. The molecule has 3 rings (SSSR count). The molecule has 0 amide bonds. The highest BCUT2D eigenvalue weighted by Crippen LogP contribution is 2.35. The van der Waals surface area contributed by atoms with Crippen LogP contribution in [0.1, 0.15) is 5.56 Å². The van der Waals surface area contributed by atoms with Gasteiger partial charge in [0.25, 0.3) is 0 Å². The van der Waals surface area contributed by atoms with Gasteiger partial charge >= 0.3 is 0 Å². The molecule has 2 aromatic carbocycles. The number of phenols is 1. The quantitative estimate of drug-likeness (QED) is 0.673. The van der Waals surface area contributed by atoms with Gasteiger partial charge in [-0.15, -0.1) is 0 Å². The molecule has 0 aliphatic rings. The Labute approximate surface area is 130 Å². The van der Waals surface area contributed by atoms with E-state index in [1.807, 2.05) is 30.3 Å². The third kappa shape index (κ3) is 2.80. The molecule has 6 heteroatoms. The van der Waals surface area contributed by atoms with Crippen LogP contribution in [-0.4, -0.2) is 22.4 Å². The van der Waals surface area contributed by atoms with Crippen LogP contribution in [-0.2, 0) is 6.54 Å². The van der Waals surface area contributed by atoms with Crippen molar-refractivity contribution in [1.82, 2.24) is 10.2 Å². The maximum absolute atomic E-state index is 9.80. The highest BCUT2D eigenvalue weighted by atomic mass is 79.9. The average molecular weight is 348 g/mol. The van der Waals surface area contributed by atoms with Crippen LogP contribution in [0.25, 0.3) is 10.9 Å². The molecule has 0 aliphatic heterocycles. The largest absolute Gasteiger partial charge is 0.503 e. The predicted octanol–water partition coefficient (Wildman–Crippen LogP) is 3.65. The van der Waals surface area contributed by atoms with Crippen LogP contribution < -0.4 is 10.1 Å². The number of ether oxygens (including phenoxy) is 1. The molecule has 3 aromatic rings. The van der Waals surface area contributed by atoms with Crippen LogP contribution in [0.5, 0.6) is 11.5 Å². The number of nitrogens with zero attached hydrogens (tertiary/aromatic N) is 1. The molecule has 0 spiro atoms. The summed E-state index contributed by atoms with van der Waals surface area (Å²) in [6.45, 7) is 0.620. The Morgan fingerprint density at radius 1 is 1.33 bits per heavy atom. The van der Waals surface area contributed by atoms with Crippen LogP contribution in [0.3, 0.4) is 0 Å². The number of aromatic nitrogens is 2. The van der Waals surface area contributed by atoms with Crippen molar-refractivity contribution < 1.29 is 9.84 Å². The zero-order valence-corrected chi connectivity index (χ0v) is 12.9. The number of aromatic hydroxyl groups is 1. The first-order valence-corrected chi connectivity index (χ1v) is 7.19. The lowest BCUT2D eigenvalue weighted by atomic mass is 10.2. The van der Waals surface area contributed by atoms with Crippen LogP contribution in [0.15, 0.2) is 41.0 Å². The minimum Gasteiger partial charge on any atom is -0.503 e. The second-order valence-electron chi connectivity index (χ2n) is 4.65. The average Bonchev–Trinajstić information content (AvgIpc) is 2.95. The maximum atomic E-state index is 9.80. The van der Waals surface area contributed by atoms with Gasteiger partial charge in [0.2, 0.25) is 0 Å². The number of benzene rings is 2. The molecule has 108 valence electrons. The number of hydrogen-bond acceptors (Lipinski definition) is 4. The SMILES string of the molecule is COc1cc(CNc2ccc3cn[nH]c3c2)cc(Br)c1O. The fourth-order valence-electron chi connectivity index (χ4n) is 2.14. The zero-order valence-electron chi connectivity index (χ0n) is 11.4. The fourth-order valence-corrected chi connectivity index (χ4v) is 2.63. The standard InChI is InChI=1S/C15H14BrN3O2/c1-21-14-5-9(4-12(16)15(14)20)7-17-11-3-2-10-8-18-19-13(10)6-11/h2-6,8,17,20H,7H2,1H3,(H,18,19). The van der Waals surface area contributed by atoms with Gasteiger partial charge in [0, 0.05) is 17.6 Å². The number of aromatic amines is 1. The minimum absolute atomic E-state index is 0.111. The third-order valence-corrected chi connectivity index (χ3v) is 3.85. The van der Waals surface area contributed by atoms with E-state index in [2.05, 4.69) is 31.4 Å². The lowest BCUT2D eigenvalue weighted by Crippen LogP contribution is -2.00. The Hall–Kier alpha value is -2.21. The van der Waals surface area contributed by atoms with Crippen molar-refractivity contribution in [3.05, 3.63) is 46.6 Å². The van der Waals surface area contributed by atoms with Crippen molar-refractivity contribution in [3.8, 4) is 11.5 Å². The van der Waals surface area contributed by atoms with Gasteiger partial charge in [-0.2, -0.15) is 5.10 Å². The van der Waals surface area contributed by atoms with Crippen molar-refractivity contribution in [2.75, 3.05) is 12.4 Å². The second kappa shape index (κ2) is 5.65. The molecule has 0 atom stereocenters. The molecule has 0 saturated heterocycles. The zero-order chi connectivity index (χ0) is 14.8. The number of hydrogen-bond donors (Lipinski definition) is 3. The van der Waals surface area contributed by atoms with E-state index >= 15 is 0 Å². The summed E-state index contributed by atoms with van der Waals surface area (Å²) in [5.74, 6) is 0.560. The Balaban J connectivity index is 1.79. The molecule has 0 fully saturated rings. The Kier molecular flexibility index (Phi) is 3.70. The minimum atomic E-state index is 0.111. The molecule has 0 saturated carbocycles. The van der Waals surface area contributed by atoms with Gasteiger partial charge in [-0.3, -0.25) is 5.10 Å². The number of rotatable bonds is 4. The second-order valence-corrected chi connectivity index (χ2v) is 5.51. The molecule has 21 heavy (non-hydrogen) atoms. The van der Waals surface area contributed by atoms with E-state index in [4.69, 9.17) is 4.74 Å². The molecular weight excluding hydrogens is 334 g/mol. The van der Waals surface area contributed by atoms with Gasteiger partial charge in [-0.05, 0) is 51.8 Å². The summed E-state index contributed by atoms with van der Waals surface area (Å²) in [5, 5.41) is 21.2. The van der Waals surface area contributed by atoms with E-state index in [1.54, 1.807) is 6.20 Å². The van der Waals surface area contributed by atoms with Crippen LogP contribution in [0.2, 0.25) is 0 Å². The third-order valence-electron chi connectivity index (χ3n) is 3.25. The van der Waals surface area contributed by atoms with Gasteiger partial charge in [0.15, 0.2) is 11.5 Å². The van der Waals surface area contributed by atoms with Gasteiger partial charge in [0.1, 0.15) is 0 Å². The highest BCUT2D eigenvalue weighted by molar-refractivity contribution is 9.10. The van der Waals surface area contributed by atoms with Crippen LogP contribution in [0.4, 0.5) is 5.69 Å². The van der Waals surface area contributed by atoms with E-state index in [1.165, 1.54) is 7.11 Å². The summed E-state index contributed by atoms with van der Waals surface area (Å²) in [5.41, 5.74) is 2.99. The number of phenolic OH excluding ortho intramolecular Hbond substituents is 1. The van der Waals surface area contributed by atoms with Crippen molar-refractivity contribution in [2.24, 2.45) is 0 Å². The van der Waals surface area contributed by atoms with Gasteiger partial charge in [-0.25, -0.2) is 0 Å². The van der Waals surface area contributed by atoms with Crippen molar-refractivity contribution in [1.29, 1.82) is 0 Å². The predicted molar refractivity (Wildman–Crippen MR) is 85.8 cm³/mol. The maximum Gasteiger partial charge on any atom is 0.172 e. The normalized spacial score (nSPS) is 10.8. The number of H-pyrrole nitrogens is 1. The van der Waals surface area contributed by atoms with E-state index in [0.29, 0.717) is 16.8 Å². The Morgan fingerprint density at radius 2 is 2.19 bits per heavy atom. The molecule has 1 aromatic heterocycles. The lowest BCUT2D eigenvalue weighted by molar-refractivity contribution is 0.371. The fraction of sp³-hybridized carbons (Fsp3) is 0.133. The highest BCUT2D eigenvalue weighted by Gasteiger charge is 2.08. The molecule has 3 N–H and O–H groups in total. The van der Waals surface area contributed by atoms with E-state index in [0.717, 1.165) is 22.2 Å². The van der Waals surface area contributed by atoms with Gasteiger partial charge in [-0.1, -0.05) is 0 Å². The van der Waals surface area contributed by atoms with Crippen molar-refractivity contribution in [2.45, 2.75) is 6.54 Å². The molecule has 0 bridgehead atoms. The van der Waals surface area contributed by atoms with Crippen molar-refractivity contribution >= 4 is 32.5 Å². The first kappa shape index (κ1) is 13.8. The summed E-state index contributed by atoms with van der Waals surface area (Å²) >= 11 is 3.32. The summed E-state index contributed by atoms with van der Waals surface area (Å²) in [4.78, 5) is 0. The smallest absolute Gasteiger partial charge is 0.172 e. The summed E-state index contributed by atoms with van der Waals surface area (Å²) < 4.78 is 5.76. The molecule has 0 unspecified atom stereocenters. The molecule has 5 nitrogen and oxygen atoms in total. The van der Waals surface area contributed by atoms with E-state index in [-0.39, 0.29) is 5.75 Å². The van der Waals surface area contributed by atoms with E-state index in [9.17, 15) is 5.11 Å². The lowest BCUT2D eigenvalue weighted by Gasteiger charge is -2.10. The number of halogens is 1. The number of anilines is 1. The van der Waals surface area contributed by atoms with E-state index < -0.39 is 0 Å². The summed E-state index contributed by atoms with van der Waals surface area (Å²) in [6, 6.07) is 9.69. The Morgan fingerprint density at radius 3 is 3.00 bits per heavy atom. The number of nitrogens with one attached hydrogen (secondary N) is 2. The molecule has 0 radical (unpaired) electrons. The topological polar surface area (TPSA) is 70.2 Å². The first-order valence-electron chi connectivity index (χ1n) is 6.40. The van der Waals surface area contributed by atoms with Crippen LogP contribution in [0, 0.1) is 0 Å². The first-order chi connectivity index (χ1) is 10.2. The molecular formula is C15H14BrN3O2. The number of fused-ring (bicyclic) bond motifs is 1.